The molecule has 0 spiro atoms. The summed E-state index contributed by atoms with van der Waals surface area (Å²) in [6.45, 7) is 4.49. The first-order valence-corrected chi connectivity index (χ1v) is 9.32. The quantitative estimate of drug-likeness (QED) is 0.754. The minimum absolute atomic E-state index is 0.176. The Morgan fingerprint density at radius 2 is 1.86 bits per heavy atom. The molecule has 0 atom stereocenters. The highest BCUT2D eigenvalue weighted by Gasteiger charge is 2.26. The highest BCUT2D eigenvalue weighted by atomic mass is 16.5. The molecule has 0 saturated carbocycles. The summed E-state index contributed by atoms with van der Waals surface area (Å²) < 4.78 is 6.98. The van der Waals surface area contributed by atoms with Gasteiger partial charge in [0.2, 0.25) is 5.82 Å². The van der Waals surface area contributed by atoms with Crippen LogP contribution < -0.4 is 5.32 Å². The number of imidazole rings is 1. The first-order valence-electron chi connectivity index (χ1n) is 9.32. The van der Waals surface area contributed by atoms with E-state index in [9.17, 15) is 9.59 Å². The van der Waals surface area contributed by atoms with Crippen molar-refractivity contribution in [3.05, 3.63) is 71.3 Å². The zero-order valence-corrected chi connectivity index (χ0v) is 15.7. The van der Waals surface area contributed by atoms with Crippen molar-refractivity contribution in [2.45, 2.75) is 13.5 Å². The summed E-state index contributed by atoms with van der Waals surface area (Å²) in [5.41, 5.74) is 3.07. The number of aryl methyl sites for hydroxylation is 1. The predicted octanol–water partition coefficient (Wildman–Crippen LogP) is 2.05. The third-order valence-corrected chi connectivity index (χ3v) is 4.95. The van der Waals surface area contributed by atoms with Gasteiger partial charge in [0.1, 0.15) is 0 Å². The van der Waals surface area contributed by atoms with Gasteiger partial charge in [0.25, 0.3) is 11.8 Å². The lowest BCUT2D eigenvalue weighted by atomic mass is 10.1. The summed E-state index contributed by atoms with van der Waals surface area (Å²) in [4.78, 5) is 31.9. The summed E-state index contributed by atoms with van der Waals surface area (Å²) in [6, 6.07) is 13.3. The van der Waals surface area contributed by atoms with Crippen molar-refractivity contribution in [2.24, 2.45) is 0 Å². The van der Waals surface area contributed by atoms with Crippen LogP contribution >= 0.6 is 0 Å². The molecule has 1 saturated heterocycles. The van der Waals surface area contributed by atoms with Gasteiger partial charge in [-0.15, -0.1) is 0 Å². The van der Waals surface area contributed by atoms with E-state index in [4.69, 9.17) is 4.74 Å². The summed E-state index contributed by atoms with van der Waals surface area (Å²) >= 11 is 0. The summed E-state index contributed by atoms with van der Waals surface area (Å²) in [6.07, 6.45) is 1.75. The third kappa shape index (κ3) is 3.48. The zero-order chi connectivity index (χ0) is 19.5. The van der Waals surface area contributed by atoms with Crippen LogP contribution in [0, 0.1) is 6.92 Å². The summed E-state index contributed by atoms with van der Waals surface area (Å²) in [5, 5.41) is 2.91. The monoisotopic (exact) mass is 378 g/mol. The van der Waals surface area contributed by atoms with Crippen molar-refractivity contribution < 1.29 is 14.3 Å². The molecule has 7 heteroatoms. The molecule has 1 N–H and O–H groups in total. The maximum absolute atomic E-state index is 12.9. The number of hydrogen-bond donors (Lipinski definition) is 1. The highest BCUT2D eigenvalue weighted by molar-refractivity contribution is 6.02. The average molecular weight is 378 g/mol. The maximum Gasteiger partial charge on any atom is 0.287 e. The van der Waals surface area contributed by atoms with Crippen LogP contribution in [0.4, 0.5) is 0 Å². The van der Waals surface area contributed by atoms with Crippen molar-refractivity contribution in [1.82, 2.24) is 19.6 Å². The second kappa shape index (κ2) is 7.82. The van der Waals surface area contributed by atoms with Gasteiger partial charge in [-0.25, -0.2) is 4.98 Å². The first-order chi connectivity index (χ1) is 13.6. The van der Waals surface area contributed by atoms with E-state index in [1.54, 1.807) is 21.6 Å². The summed E-state index contributed by atoms with van der Waals surface area (Å²) in [5.74, 6) is -0.281. The summed E-state index contributed by atoms with van der Waals surface area (Å²) in [7, 11) is 0. The smallest absolute Gasteiger partial charge is 0.287 e. The Hall–Kier alpha value is -3.19. The SMILES string of the molecule is Cc1ccccc1CNC(=O)c1nc(C(=O)N2CCOCC2)c2ccccn12. The molecule has 1 aromatic carbocycles. The Kier molecular flexibility index (Phi) is 5.08. The number of carbonyl (C=O) groups excluding carboxylic acids is 2. The fourth-order valence-electron chi connectivity index (χ4n) is 3.33. The number of nitrogens with zero attached hydrogens (tertiary/aromatic N) is 3. The molecular formula is C21H22N4O3. The molecule has 0 aliphatic carbocycles. The number of pyridine rings is 1. The number of amides is 2. The molecule has 2 amide bonds. The molecule has 3 heterocycles. The minimum atomic E-state index is -0.314. The molecular weight excluding hydrogens is 356 g/mol. The Labute approximate surface area is 162 Å². The fourth-order valence-corrected chi connectivity index (χ4v) is 3.33. The third-order valence-electron chi connectivity index (χ3n) is 4.95. The lowest BCUT2D eigenvalue weighted by Crippen LogP contribution is -2.41. The topological polar surface area (TPSA) is 75.9 Å². The van der Waals surface area contributed by atoms with Crippen LogP contribution in [-0.2, 0) is 11.3 Å². The minimum Gasteiger partial charge on any atom is -0.378 e. The van der Waals surface area contributed by atoms with E-state index in [0.717, 1.165) is 11.1 Å². The average Bonchev–Trinajstić information content (AvgIpc) is 3.13. The van der Waals surface area contributed by atoms with E-state index in [-0.39, 0.29) is 17.6 Å². The van der Waals surface area contributed by atoms with Gasteiger partial charge < -0.3 is 15.0 Å². The van der Waals surface area contributed by atoms with Gasteiger partial charge in [0.15, 0.2) is 5.69 Å². The number of fused-ring (bicyclic) bond motifs is 1. The first kappa shape index (κ1) is 18.2. The van der Waals surface area contributed by atoms with Crippen LogP contribution in [0.2, 0.25) is 0 Å². The molecule has 28 heavy (non-hydrogen) atoms. The van der Waals surface area contributed by atoms with Gasteiger partial charge in [0.05, 0.1) is 18.7 Å². The van der Waals surface area contributed by atoms with E-state index in [0.29, 0.717) is 44.1 Å². The number of nitrogens with one attached hydrogen (secondary N) is 1. The molecule has 0 radical (unpaired) electrons. The molecule has 1 aliphatic heterocycles. The second-order valence-corrected chi connectivity index (χ2v) is 6.75. The van der Waals surface area contributed by atoms with E-state index in [1.165, 1.54) is 0 Å². The number of aromatic nitrogens is 2. The van der Waals surface area contributed by atoms with Crippen LogP contribution in [0.3, 0.4) is 0 Å². The van der Waals surface area contributed by atoms with Crippen LogP contribution in [0.1, 0.15) is 32.2 Å². The molecule has 3 aromatic rings. The molecule has 7 nitrogen and oxygen atoms in total. The van der Waals surface area contributed by atoms with Crippen molar-refractivity contribution >= 4 is 17.3 Å². The Morgan fingerprint density at radius 1 is 1.11 bits per heavy atom. The van der Waals surface area contributed by atoms with Gasteiger partial charge in [0, 0.05) is 25.8 Å². The molecule has 2 aromatic heterocycles. The molecule has 144 valence electrons. The second-order valence-electron chi connectivity index (χ2n) is 6.75. The normalized spacial score (nSPS) is 14.2. The van der Waals surface area contributed by atoms with Crippen molar-refractivity contribution in [2.75, 3.05) is 26.3 Å². The van der Waals surface area contributed by atoms with Gasteiger partial charge in [-0.3, -0.25) is 14.0 Å². The lowest BCUT2D eigenvalue weighted by molar-refractivity contribution is 0.0300. The highest BCUT2D eigenvalue weighted by Crippen LogP contribution is 2.16. The standard InChI is InChI=1S/C21H22N4O3/c1-15-6-2-3-7-16(15)14-22-20(26)19-23-18(17-8-4-5-9-25(17)19)21(27)24-10-12-28-13-11-24/h2-9H,10-14H2,1H3,(H,22,26). The van der Waals surface area contributed by atoms with Gasteiger partial charge in [-0.2, -0.15) is 0 Å². The number of hydrogen-bond acceptors (Lipinski definition) is 4. The number of benzene rings is 1. The Bertz CT molecular complexity index is 1020. The van der Waals surface area contributed by atoms with Crippen LogP contribution in [-0.4, -0.2) is 52.4 Å². The molecule has 1 aliphatic rings. The van der Waals surface area contributed by atoms with E-state index in [2.05, 4.69) is 10.3 Å². The van der Waals surface area contributed by atoms with Crippen LogP contribution in [0.25, 0.3) is 5.52 Å². The van der Waals surface area contributed by atoms with Crippen molar-refractivity contribution in [1.29, 1.82) is 0 Å². The van der Waals surface area contributed by atoms with Crippen LogP contribution in [0.15, 0.2) is 48.7 Å². The molecule has 0 unspecified atom stereocenters. The number of rotatable bonds is 4. The molecule has 0 bridgehead atoms. The van der Waals surface area contributed by atoms with E-state index in [1.807, 2.05) is 43.3 Å². The van der Waals surface area contributed by atoms with Gasteiger partial charge >= 0.3 is 0 Å². The number of morpholine rings is 1. The van der Waals surface area contributed by atoms with Gasteiger partial charge in [-0.05, 0) is 30.2 Å². The maximum atomic E-state index is 12.9. The van der Waals surface area contributed by atoms with Crippen molar-refractivity contribution in [3.8, 4) is 0 Å². The Balaban J connectivity index is 1.61. The van der Waals surface area contributed by atoms with Gasteiger partial charge in [-0.1, -0.05) is 30.3 Å². The van der Waals surface area contributed by atoms with E-state index >= 15 is 0 Å². The number of ether oxygens (including phenoxy) is 1. The Morgan fingerprint density at radius 3 is 2.64 bits per heavy atom. The lowest BCUT2D eigenvalue weighted by Gasteiger charge is -2.26. The van der Waals surface area contributed by atoms with Crippen LogP contribution in [0.5, 0.6) is 0 Å². The number of carbonyl (C=O) groups is 2. The molecule has 4 rings (SSSR count). The zero-order valence-electron chi connectivity index (χ0n) is 15.7. The predicted molar refractivity (Wildman–Crippen MR) is 104 cm³/mol. The molecule has 1 fully saturated rings. The van der Waals surface area contributed by atoms with Crippen molar-refractivity contribution in [3.63, 3.8) is 0 Å². The fraction of sp³-hybridized carbons (Fsp3) is 0.286. The van der Waals surface area contributed by atoms with E-state index < -0.39 is 0 Å². The largest absolute Gasteiger partial charge is 0.378 e.